The van der Waals surface area contributed by atoms with Gasteiger partial charge in [-0.2, -0.15) is 23.5 Å². The monoisotopic (exact) mass is 530 g/mol. The van der Waals surface area contributed by atoms with Crippen molar-refractivity contribution in [3.63, 3.8) is 0 Å². The van der Waals surface area contributed by atoms with E-state index in [0.29, 0.717) is 23.5 Å². The van der Waals surface area contributed by atoms with Gasteiger partial charge in [0.25, 0.3) is 0 Å². The number of aliphatic carboxylic acids is 1. The van der Waals surface area contributed by atoms with Gasteiger partial charge in [-0.05, 0) is 54.6 Å². The molecule has 13 heteroatoms. The molecule has 1 rings (SSSR count). The van der Waals surface area contributed by atoms with Crippen LogP contribution in [0, 0.1) is 0 Å². The highest BCUT2D eigenvalue weighted by molar-refractivity contribution is 7.98. The summed E-state index contributed by atoms with van der Waals surface area (Å²) in [6.07, 6.45) is 4.45. The van der Waals surface area contributed by atoms with Gasteiger partial charge in [0, 0.05) is 6.42 Å². The molecule has 0 aliphatic heterocycles. The first-order chi connectivity index (χ1) is 16.6. The number of rotatable bonds is 16. The van der Waals surface area contributed by atoms with Crippen LogP contribution in [-0.4, -0.2) is 93.8 Å². The van der Waals surface area contributed by atoms with E-state index >= 15 is 0 Å². The van der Waals surface area contributed by atoms with Gasteiger partial charge in [-0.1, -0.05) is 12.1 Å². The topological polar surface area (TPSA) is 191 Å². The third-order valence-corrected chi connectivity index (χ3v) is 6.31. The highest BCUT2D eigenvalue weighted by atomic mass is 32.2. The van der Waals surface area contributed by atoms with Gasteiger partial charge in [0.05, 0.1) is 12.6 Å². The van der Waals surface area contributed by atoms with Gasteiger partial charge in [0.15, 0.2) is 0 Å². The van der Waals surface area contributed by atoms with Crippen LogP contribution in [0.1, 0.15) is 18.4 Å². The Morgan fingerprint density at radius 1 is 0.857 bits per heavy atom. The molecule has 4 unspecified atom stereocenters. The van der Waals surface area contributed by atoms with Crippen molar-refractivity contribution in [3.05, 3.63) is 29.8 Å². The van der Waals surface area contributed by atoms with Crippen LogP contribution < -0.4 is 21.7 Å². The summed E-state index contributed by atoms with van der Waals surface area (Å²) in [6, 6.07) is 1.43. The van der Waals surface area contributed by atoms with E-state index in [2.05, 4.69) is 16.0 Å². The number of carboxylic acid groups (broad SMARTS) is 1. The van der Waals surface area contributed by atoms with Crippen molar-refractivity contribution in [2.24, 2.45) is 5.73 Å². The zero-order valence-corrected chi connectivity index (χ0v) is 21.4. The Hall–Kier alpha value is -2.48. The fraction of sp³-hybridized carbons (Fsp3) is 0.545. The Morgan fingerprint density at radius 2 is 1.37 bits per heavy atom. The number of aliphatic hydroxyl groups excluding tert-OH is 1. The lowest BCUT2D eigenvalue weighted by Gasteiger charge is -2.25. The number of carboxylic acids is 1. The number of benzene rings is 1. The number of carbonyl (C=O) groups excluding carboxylic acids is 3. The zero-order valence-electron chi connectivity index (χ0n) is 19.7. The molecule has 0 saturated carbocycles. The number of amides is 3. The summed E-state index contributed by atoms with van der Waals surface area (Å²) in [5, 5.41) is 35.3. The number of phenolic OH excluding ortho intramolecular Hbond substituents is 1. The SMILES string of the molecule is CSCCC(N)C(=O)NC(CCSC)C(=O)NC(Cc1ccc(O)cc1)C(=O)NC(CO)C(=O)O. The van der Waals surface area contributed by atoms with E-state index in [1.54, 1.807) is 23.9 Å². The number of phenols is 1. The van der Waals surface area contributed by atoms with Crippen LogP contribution in [0.2, 0.25) is 0 Å². The molecule has 196 valence electrons. The van der Waals surface area contributed by atoms with Gasteiger partial charge in [0.1, 0.15) is 23.9 Å². The van der Waals surface area contributed by atoms with E-state index in [9.17, 15) is 29.4 Å². The highest BCUT2D eigenvalue weighted by Gasteiger charge is 2.30. The Kier molecular flexibility index (Phi) is 14.2. The number of thioether (sulfide) groups is 2. The van der Waals surface area contributed by atoms with Gasteiger partial charge in [0.2, 0.25) is 17.7 Å². The number of hydrogen-bond donors (Lipinski definition) is 7. The molecular weight excluding hydrogens is 496 g/mol. The Balaban J connectivity index is 3.06. The summed E-state index contributed by atoms with van der Waals surface area (Å²) < 4.78 is 0. The molecule has 8 N–H and O–H groups in total. The first kappa shape index (κ1) is 30.6. The third kappa shape index (κ3) is 11.2. The van der Waals surface area contributed by atoms with Crippen LogP contribution in [0.15, 0.2) is 24.3 Å². The zero-order chi connectivity index (χ0) is 26.4. The minimum absolute atomic E-state index is 0.0164. The fourth-order valence-corrected chi connectivity index (χ4v) is 3.93. The van der Waals surface area contributed by atoms with Gasteiger partial charge in [-0.15, -0.1) is 0 Å². The lowest BCUT2D eigenvalue weighted by molar-refractivity contribution is -0.143. The lowest BCUT2D eigenvalue weighted by Crippen LogP contribution is -2.58. The number of hydrogen-bond acceptors (Lipinski definition) is 9. The largest absolute Gasteiger partial charge is 0.508 e. The summed E-state index contributed by atoms with van der Waals surface area (Å²) >= 11 is 3.02. The smallest absolute Gasteiger partial charge is 0.328 e. The molecule has 1 aromatic carbocycles. The van der Waals surface area contributed by atoms with E-state index in [4.69, 9.17) is 10.8 Å². The Morgan fingerprint density at radius 3 is 1.91 bits per heavy atom. The van der Waals surface area contributed by atoms with E-state index in [-0.39, 0.29) is 18.6 Å². The minimum Gasteiger partial charge on any atom is -0.508 e. The van der Waals surface area contributed by atoms with E-state index in [1.165, 1.54) is 23.9 Å². The predicted octanol–water partition coefficient (Wildman–Crippen LogP) is -0.700. The molecule has 0 heterocycles. The van der Waals surface area contributed by atoms with Crippen molar-refractivity contribution in [2.75, 3.05) is 30.6 Å². The minimum atomic E-state index is -1.55. The van der Waals surface area contributed by atoms with Crippen LogP contribution >= 0.6 is 23.5 Å². The van der Waals surface area contributed by atoms with E-state index in [0.717, 1.165) is 0 Å². The second-order valence-electron chi connectivity index (χ2n) is 7.74. The van der Waals surface area contributed by atoms with Crippen molar-refractivity contribution in [1.29, 1.82) is 0 Å². The number of aromatic hydroxyl groups is 1. The maximum Gasteiger partial charge on any atom is 0.328 e. The van der Waals surface area contributed by atoms with Crippen molar-refractivity contribution in [1.82, 2.24) is 16.0 Å². The Bertz CT molecular complexity index is 842. The van der Waals surface area contributed by atoms with Gasteiger partial charge < -0.3 is 37.0 Å². The van der Waals surface area contributed by atoms with Crippen LogP contribution in [-0.2, 0) is 25.6 Å². The average Bonchev–Trinajstić information content (AvgIpc) is 2.83. The molecular formula is C22H34N4O7S2. The molecule has 1 aromatic rings. The van der Waals surface area contributed by atoms with Crippen molar-refractivity contribution in [3.8, 4) is 5.75 Å². The molecule has 0 saturated heterocycles. The fourth-order valence-electron chi connectivity index (χ4n) is 2.97. The quantitative estimate of drug-likeness (QED) is 0.144. The second kappa shape index (κ2) is 16.2. The van der Waals surface area contributed by atoms with E-state index in [1.807, 2.05) is 12.5 Å². The van der Waals surface area contributed by atoms with Crippen LogP contribution in [0.5, 0.6) is 5.75 Å². The summed E-state index contributed by atoms with van der Waals surface area (Å²) in [4.78, 5) is 49.7. The maximum absolute atomic E-state index is 13.1. The molecule has 4 atom stereocenters. The van der Waals surface area contributed by atoms with Crippen molar-refractivity contribution >= 4 is 47.2 Å². The number of nitrogens with one attached hydrogen (secondary N) is 3. The number of carbonyl (C=O) groups is 4. The first-order valence-electron chi connectivity index (χ1n) is 10.9. The molecule has 0 aliphatic carbocycles. The summed E-state index contributed by atoms with van der Waals surface area (Å²) in [5.41, 5.74) is 6.50. The molecule has 0 radical (unpaired) electrons. The summed E-state index contributed by atoms with van der Waals surface area (Å²) in [7, 11) is 0. The molecule has 3 amide bonds. The number of aliphatic hydroxyl groups is 1. The van der Waals surface area contributed by atoms with Crippen LogP contribution in [0.4, 0.5) is 0 Å². The molecule has 11 nitrogen and oxygen atoms in total. The molecule has 0 spiro atoms. The number of nitrogens with two attached hydrogens (primary N) is 1. The third-order valence-electron chi connectivity index (χ3n) is 5.02. The molecule has 0 fully saturated rings. The van der Waals surface area contributed by atoms with Crippen molar-refractivity contribution < 1.29 is 34.5 Å². The lowest BCUT2D eigenvalue weighted by atomic mass is 10.0. The first-order valence-corrected chi connectivity index (χ1v) is 13.7. The van der Waals surface area contributed by atoms with Gasteiger partial charge >= 0.3 is 5.97 Å². The summed E-state index contributed by atoms with van der Waals surface area (Å²) in [6.45, 7) is -0.832. The molecule has 35 heavy (non-hydrogen) atoms. The summed E-state index contributed by atoms with van der Waals surface area (Å²) in [5.74, 6) is -2.10. The average molecular weight is 531 g/mol. The molecule has 0 bridgehead atoms. The predicted molar refractivity (Wildman–Crippen MR) is 136 cm³/mol. The maximum atomic E-state index is 13.1. The van der Waals surface area contributed by atoms with Crippen LogP contribution in [0.3, 0.4) is 0 Å². The Labute approximate surface area is 213 Å². The highest BCUT2D eigenvalue weighted by Crippen LogP contribution is 2.12. The van der Waals surface area contributed by atoms with E-state index < -0.39 is 54.5 Å². The van der Waals surface area contributed by atoms with Crippen LogP contribution in [0.25, 0.3) is 0 Å². The van der Waals surface area contributed by atoms with Gasteiger partial charge in [-0.3, -0.25) is 14.4 Å². The standard InChI is InChI=1S/C22H34N4O7S2/c1-34-9-7-15(23)19(29)24-16(8-10-35-2)20(30)25-17(11-13-3-5-14(28)6-4-13)21(31)26-18(12-27)22(32)33/h3-6,15-18,27-28H,7-12,23H2,1-2H3,(H,24,29)(H,25,30)(H,26,31)(H,32,33). The van der Waals surface area contributed by atoms with Crippen molar-refractivity contribution in [2.45, 2.75) is 43.4 Å². The molecule has 0 aliphatic rings. The van der Waals surface area contributed by atoms with Gasteiger partial charge in [-0.25, -0.2) is 4.79 Å². The second-order valence-corrected chi connectivity index (χ2v) is 9.72. The molecule has 0 aromatic heterocycles. The normalized spacial score (nSPS) is 14.3.